The van der Waals surface area contributed by atoms with Crippen LogP contribution in [0.5, 0.6) is 0 Å². The molecule has 0 N–H and O–H groups in total. The van der Waals surface area contributed by atoms with Gasteiger partial charge in [-0.3, -0.25) is 0 Å². The standard InChI is InChI=1S/C13H28S15/c14-4-23-11(24-5-15)20-1-10(2-21-12(25-6-16)26-7-17)3-22-13(27-8-18)28-9-19/h10-19H,1-9H2. The lowest BCUT2D eigenvalue weighted by Gasteiger charge is -2.23. The van der Waals surface area contributed by atoms with Crippen LogP contribution in [0.4, 0.5) is 0 Å². The lowest BCUT2D eigenvalue weighted by Crippen LogP contribution is -2.15. The maximum absolute atomic E-state index is 4.39. The van der Waals surface area contributed by atoms with Crippen LogP contribution >= 0.6 is 182 Å². The van der Waals surface area contributed by atoms with Gasteiger partial charge in [0, 0.05) is 30.5 Å². The quantitative estimate of drug-likeness (QED) is 0.0525. The third kappa shape index (κ3) is 19.5. The molecule has 0 fully saturated rings. The molecule has 0 rings (SSSR count). The molecular formula is C13H28S15. The summed E-state index contributed by atoms with van der Waals surface area (Å²) in [6.07, 6.45) is 0. The van der Waals surface area contributed by atoms with Gasteiger partial charge < -0.3 is 0 Å². The zero-order valence-corrected chi connectivity index (χ0v) is 27.7. The van der Waals surface area contributed by atoms with Crippen molar-refractivity contribution in [2.75, 3.05) is 47.8 Å². The van der Waals surface area contributed by atoms with Gasteiger partial charge in [-0.05, 0) is 23.2 Å². The van der Waals surface area contributed by atoms with Crippen molar-refractivity contribution in [2.45, 2.75) is 11.7 Å². The predicted octanol–water partition coefficient (Wildman–Crippen LogP) is 8.38. The number of thiol groups is 6. The number of thioether (sulfide) groups is 9. The maximum Gasteiger partial charge on any atom is 0.0972 e. The van der Waals surface area contributed by atoms with Crippen molar-refractivity contribution in [2.24, 2.45) is 5.92 Å². The van der Waals surface area contributed by atoms with Crippen molar-refractivity contribution in [3.05, 3.63) is 0 Å². The fourth-order valence-corrected chi connectivity index (χ4v) is 18.4. The van der Waals surface area contributed by atoms with Crippen LogP contribution in [0.2, 0.25) is 0 Å². The molecule has 15 heteroatoms. The summed E-state index contributed by atoms with van der Waals surface area (Å²) in [6.45, 7) is 0. The fraction of sp³-hybridized carbons (Fsp3) is 1.00. The van der Waals surface area contributed by atoms with Crippen LogP contribution in [-0.2, 0) is 0 Å². The highest BCUT2D eigenvalue weighted by molar-refractivity contribution is 8.36. The van der Waals surface area contributed by atoms with Crippen molar-refractivity contribution in [3.8, 4) is 0 Å². The molecule has 0 aromatic carbocycles. The zero-order valence-electron chi connectivity index (χ0n) is 15.0. The second-order valence-electron chi connectivity index (χ2n) is 4.51. The minimum atomic E-state index is 0.511. The zero-order chi connectivity index (χ0) is 21.0. The van der Waals surface area contributed by atoms with Crippen LogP contribution in [0.1, 0.15) is 0 Å². The third-order valence-electron chi connectivity index (χ3n) is 2.67. The summed E-state index contributed by atoms with van der Waals surface area (Å²) in [4.78, 5) is 0. The Morgan fingerprint density at radius 2 is 0.571 bits per heavy atom. The lowest BCUT2D eigenvalue weighted by atomic mass is 10.3. The number of hydrogen-bond donors (Lipinski definition) is 6. The second kappa shape index (κ2) is 25.3. The minimum absolute atomic E-state index is 0.511. The molecule has 0 saturated carbocycles. The molecular weight excluding hydrogens is 637 g/mol. The predicted molar refractivity (Wildman–Crippen MR) is 181 cm³/mol. The van der Waals surface area contributed by atoms with Crippen molar-refractivity contribution in [1.82, 2.24) is 0 Å². The normalized spacial score (nSPS) is 12.2. The topological polar surface area (TPSA) is 0 Å². The molecule has 170 valence electrons. The molecule has 0 aliphatic rings. The van der Waals surface area contributed by atoms with E-state index < -0.39 is 0 Å². The SMILES string of the molecule is SCSC(SCS)SCC(CSC(SCS)SCS)CSC(SCS)SCS. The van der Waals surface area contributed by atoms with Gasteiger partial charge in [-0.25, -0.2) is 0 Å². The first-order valence-electron chi connectivity index (χ1n) is 7.84. The summed E-state index contributed by atoms with van der Waals surface area (Å²) in [6, 6.07) is 0. The molecule has 0 spiro atoms. The third-order valence-corrected chi connectivity index (χ3v) is 18.0. The molecule has 0 heterocycles. The van der Waals surface area contributed by atoms with E-state index >= 15 is 0 Å². The van der Waals surface area contributed by atoms with Gasteiger partial charge in [0.1, 0.15) is 0 Å². The molecule has 0 atom stereocenters. The molecule has 0 saturated heterocycles. The van der Waals surface area contributed by atoms with Crippen LogP contribution in [0.3, 0.4) is 0 Å². The van der Waals surface area contributed by atoms with E-state index in [1.165, 1.54) is 17.3 Å². The summed E-state index contributed by atoms with van der Waals surface area (Å²) < 4.78 is 1.53. The van der Waals surface area contributed by atoms with Gasteiger partial charge in [0.05, 0.1) is 11.7 Å². The van der Waals surface area contributed by atoms with Crippen molar-refractivity contribution >= 4 is 182 Å². The van der Waals surface area contributed by atoms with E-state index in [-0.39, 0.29) is 0 Å². The van der Waals surface area contributed by atoms with Gasteiger partial charge in [0.2, 0.25) is 0 Å². The van der Waals surface area contributed by atoms with E-state index in [1.807, 2.05) is 106 Å². The first-order valence-corrected chi connectivity index (χ1v) is 21.1. The Labute approximate surface area is 243 Å². The molecule has 0 aliphatic heterocycles. The lowest BCUT2D eigenvalue weighted by molar-refractivity contribution is 0.780. The Morgan fingerprint density at radius 3 is 0.750 bits per heavy atom. The Morgan fingerprint density at radius 1 is 0.357 bits per heavy atom. The Bertz CT molecular complexity index is 257. The van der Waals surface area contributed by atoms with E-state index in [0.717, 1.165) is 30.5 Å². The Hall–Kier alpha value is 5.25. The van der Waals surface area contributed by atoms with Gasteiger partial charge in [-0.1, -0.05) is 0 Å². The van der Waals surface area contributed by atoms with Crippen LogP contribution in [0.15, 0.2) is 0 Å². The molecule has 28 heavy (non-hydrogen) atoms. The van der Waals surface area contributed by atoms with Gasteiger partial charge in [0.25, 0.3) is 0 Å². The first-order chi connectivity index (χ1) is 13.6. The smallest absolute Gasteiger partial charge is 0.0972 e. The molecule has 0 aromatic heterocycles. The summed E-state index contributed by atoms with van der Waals surface area (Å²) in [7, 11) is 0. The minimum Gasteiger partial charge on any atom is -0.168 e. The largest absolute Gasteiger partial charge is 0.168 e. The highest BCUT2D eigenvalue weighted by Crippen LogP contribution is 2.41. The average Bonchev–Trinajstić information content (AvgIpc) is 2.68. The van der Waals surface area contributed by atoms with Crippen LogP contribution in [0.25, 0.3) is 0 Å². The van der Waals surface area contributed by atoms with Crippen molar-refractivity contribution < 1.29 is 0 Å². The molecule has 0 aliphatic carbocycles. The fourth-order valence-electron chi connectivity index (χ4n) is 1.59. The van der Waals surface area contributed by atoms with E-state index in [4.69, 9.17) is 0 Å². The number of rotatable bonds is 21. The highest BCUT2D eigenvalue weighted by Gasteiger charge is 2.20. The molecule has 0 unspecified atom stereocenters. The van der Waals surface area contributed by atoms with Gasteiger partial charge in [0.15, 0.2) is 0 Å². The molecule has 0 bridgehead atoms. The van der Waals surface area contributed by atoms with E-state index in [0.29, 0.717) is 17.7 Å². The van der Waals surface area contributed by atoms with Crippen LogP contribution in [-0.4, -0.2) is 59.5 Å². The highest BCUT2D eigenvalue weighted by atomic mass is 32.3. The summed E-state index contributed by atoms with van der Waals surface area (Å²) in [5.41, 5.74) is 0. The maximum atomic E-state index is 4.39. The summed E-state index contributed by atoms with van der Waals surface area (Å²) in [5.74, 6) is 4.16. The monoisotopic (exact) mass is 664 g/mol. The van der Waals surface area contributed by atoms with Crippen LogP contribution < -0.4 is 0 Å². The Balaban J connectivity index is 4.72. The van der Waals surface area contributed by atoms with Gasteiger partial charge in [-0.15, -0.1) is 106 Å². The van der Waals surface area contributed by atoms with Crippen molar-refractivity contribution in [1.29, 1.82) is 0 Å². The van der Waals surface area contributed by atoms with E-state index in [9.17, 15) is 0 Å². The van der Waals surface area contributed by atoms with E-state index in [2.05, 4.69) is 75.8 Å². The second-order valence-corrected chi connectivity index (χ2v) is 21.6. The number of hydrogen-bond acceptors (Lipinski definition) is 15. The average molecular weight is 665 g/mol. The Kier molecular flexibility index (Phi) is 30.1. The van der Waals surface area contributed by atoms with Crippen LogP contribution in [0, 0.1) is 5.92 Å². The van der Waals surface area contributed by atoms with Gasteiger partial charge in [-0.2, -0.15) is 75.8 Å². The van der Waals surface area contributed by atoms with E-state index in [1.54, 1.807) is 0 Å². The summed E-state index contributed by atoms with van der Waals surface area (Å²) in [5, 5.41) is 5.11. The molecule has 0 radical (unpaired) electrons. The molecule has 0 nitrogen and oxygen atoms in total. The molecule has 0 amide bonds. The first kappa shape index (κ1) is 33.2. The summed E-state index contributed by atoms with van der Waals surface area (Å²) >= 11 is 43.9. The van der Waals surface area contributed by atoms with Gasteiger partial charge >= 0.3 is 0 Å². The van der Waals surface area contributed by atoms with Crippen molar-refractivity contribution in [3.63, 3.8) is 0 Å². The molecule has 0 aromatic rings.